The van der Waals surface area contributed by atoms with Gasteiger partial charge in [-0.25, -0.2) is 0 Å². The van der Waals surface area contributed by atoms with Gasteiger partial charge < -0.3 is 4.74 Å². The van der Waals surface area contributed by atoms with E-state index in [2.05, 4.69) is 72.7 Å². The average Bonchev–Trinajstić information content (AvgIpc) is 2.76. The van der Waals surface area contributed by atoms with E-state index in [1.165, 1.54) is 5.39 Å². The summed E-state index contributed by atoms with van der Waals surface area (Å²) in [6, 6.07) is 14.5. The van der Waals surface area contributed by atoms with Crippen LogP contribution < -0.4 is 0 Å². The van der Waals surface area contributed by atoms with Crippen LogP contribution in [-0.4, -0.2) is 5.97 Å². The molecule has 0 amide bonds. The Balaban J connectivity index is 2.34. The van der Waals surface area contributed by atoms with Crippen LogP contribution in [0.25, 0.3) is 10.8 Å². The maximum Gasteiger partial charge on any atom is 0.312 e. The van der Waals surface area contributed by atoms with E-state index in [0.29, 0.717) is 6.61 Å². The van der Waals surface area contributed by atoms with Gasteiger partial charge in [-0.05, 0) is 53.4 Å². The summed E-state index contributed by atoms with van der Waals surface area (Å²) in [5.74, 6) is -0.0511. The minimum atomic E-state index is -0.512. The van der Waals surface area contributed by atoms with Crippen LogP contribution in [0.1, 0.15) is 86.1 Å². The van der Waals surface area contributed by atoms with E-state index >= 15 is 0 Å². The van der Waals surface area contributed by atoms with E-state index in [1.807, 2.05) is 18.2 Å². The molecule has 0 aliphatic carbocycles. The van der Waals surface area contributed by atoms with Crippen molar-refractivity contribution in [2.24, 2.45) is 16.2 Å². The van der Waals surface area contributed by atoms with Gasteiger partial charge >= 0.3 is 5.97 Å². The van der Waals surface area contributed by atoms with Crippen molar-refractivity contribution in [1.82, 2.24) is 0 Å². The number of esters is 1. The van der Waals surface area contributed by atoms with Crippen molar-refractivity contribution in [3.05, 3.63) is 48.0 Å². The van der Waals surface area contributed by atoms with Crippen LogP contribution in [0.5, 0.6) is 0 Å². The molecular weight excluding hydrogens is 356 g/mol. The highest BCUT2D eigenvalue weighted by Gasteiger charge is 2.51. The molecule has 2 nitrogen and oxygen atoms in total. The molecule has 0 aliphatic heterocycles. The minimum absolute atomic E-state index is 0.0511. The van der Waals surface area contributed by atoms with E-state index in [4.69, 9.17) is 4.74 Å². The summed E-state index contributed by atoms with van der Waals surface area (Å²) in [5, 5.41) is 2.34. The van der Waals surface area contributed by atoms with Crippen molar-refractivity contribution >= 4 is 16.7 Å². The van der Waals surface area contributed by atoms with Crippen LogP contribution in [-0.2, 0) is 16.1 Å². The van der Waals surface area contributed by atoms with Gasteiger partial charge in [-0.3, -0.25) is 4.79 Å². The lowest BCUT2D eigenvalue weighted by molar-refractivity contribution is -0.169. The van der Waals surface area contributed by atoms with E-state index in [-0.39, 0.29) is 16.8 Å². The molecule has 0 saturated carbocycles. The Morgan fingerprint density at radius 3 is 2.00 bits per heavy atom. The van der Waals surface area contributed by atoms with Crippen molar-refractivity contribution in [3.63, 3.8) is 0 Å². The predicted octanol–water partition coefficient (Wildman–Crippen LogP) is 7.93. The Bertz CT molecular complexity index is 809. The Kier molecular flexibility index (Phi) is 7.54. The van der Waals surface area contributed by atoms with Gasteiger partial charge in [0, 0.05) is 0 Å². The third-order valence-electron chi connectivity index (χ3n) is 8.07. The molecule has 2 aromatic carbocycles. The maximum absolute atomic E-state index is 13.6. The summed E-state index contributed by atoms with van der Waals surface area (Å²) in [7, 11) is 0. The first kappa shape index (κ1) is 23.4. The number of benzene rings is 2. The summed E-state index contributed by atoms with van der Waals surface area (Å²) >= 11 is 0. The highest BCUT2D eigenvalue weighted by Crippen LogP contribution is 2.53. The predicted molar refractivity (Wildman–Crippen MR) is 124 cm³/mol. The fraction of sp³-hybridized carbons (Fsp3) is 0.593. The Labute approximate surface area is 178 Å². The largest absolute Gasteiger partial charge is 0.460 e. The van der Waals surface area contributed by atoms with E-state index in [9.17, 15) is 4.79 Å². The molecule has 1 atom stereocenters. The first-order valence-corrected chi connectivity index (χ1v) is 11.3. The lowest BCUT2D eigenvalue weighted by atomic mass is 9.56. The van der Waals surface area contributed by atoms with Crippen LogP contribution in [0, 0.1) is 16.2 Å². The number of hydrogen-bond donors (Lipinski definition) is 0. The van der Waals surface area contributed by atoms with Gasteiger partial charge in [-0.15, -0.1) is 0 Å². The fourth-order valence-electron chi connectivity index (χ4n) is 4.64. The number of fused-ring (bicyclic) bond motifs is 1. The summed E-state index contributed by atoms with van der Waals surface area (Å²) in [6.45, 7) is 15.9. The third-order valence-corrected chi connectivity index (χ3v) is 8.07. The lowest BCUT2D eigenvalue weighted by Gasteiger charge is -2.48. The molecule has 0 aliphatic rings. The molecule has 160 valence electrons. The zero-order valence-electron chi connectivity index (χ0n) is 19.6. The topological polar surface area (TPSA) is 26.3 Å². The Morgan fingerprint density at radius 1 is 0.828 bits per heavy atom. The van der Waals surface area contributed by atoms with Crippen molar-refractivity contribution < 1.29 is 9.53 Å². The quantitative estimate of drug-likeness (QED) is 0.381. The molecule has 0 bridgehead atoms. The molecule has 2 aromatic rings. The Hall–Kier alpha value is -1.83. The van der Waals surface area contributed by atoms with Crippen LogP contribution >= 0.6 is 0 Å². The van der Waals surface area contributed by atoms with Gasteiger partial charge in [0.05, 0.1) is 5.41 Å². The van der Waals surface area contributed by atoms with Gasteiger partial charge in [0.15, 0.2) is 0 Å². The first-order chi connectivity index (χ1) is 13.7. The van der Waals surface area contributed by atoms with Gasteiger partial charge in [-0.2, -0.15) is 0 Å². The molecule has 0 radical (unpaired) electrons. The van der Waals surface area contributed by atoms with Gasteiger partial charge in [-0.1, -0.05) is 96.8 Å². The summed E-state index contributed by atoms with van der Waals surface area (Å²) in [6.07, 6.45) is 4.93. The van der Waals surface area contributed by atoms with Gasteiger partial charge in [0.1, 0.15) is 6.61 Å². The molecule has 2 rings (SSSR count). The molecule has 0 fully saturated rings. The number of hydrogen-bond acceptors (Lipinski definition) is 2. The Morgan fingerprint density at radius 2 is 1.41 bits per heavy atom. The molecule has 1 unspecified atom stereocenters. The second-order valence-electron chi connectivity index (χ2n) is 9.51. The summed E-state index contributed by atoms with van der Waals surface area (Å²) in [5.41, 5.74) is 0.608. The number of carbonyl (C=O) groups is 1. The highest BCUT2D eigenvalue weighted by atomic mass is 16.5. The number of ether oxygens (including phenoxy) is 1. The molecule has 29 heavy (non-hydrogen) atoms. The van der Waals surface area contributed by atoms with Crippen molar-refractivity contribution in [2.75, 3.05) is 0 Å². The van der Waals surface area contributed by atoms with Crippen LogP contribution in [0.15, 0.2) is 42.5 Å². The zero-order valence-corrected chi connectivity index (χ0v) is 19.6. The molecule has 0 N–H and O–H groups in total. The summed E-state index contributed by atoms with van der Waals surface area (Å²) < 4.78 is 6.05. The van der Waals surface area contributed by atoms with E-state index in [1.54, 1.807) is 0 Å². The molecule has 2 heteroatoms. The normalized spacial score (nSPS) is 14.6. The van der Waals surface area contributed by atoms with E-state index < -0.39 is 5.41 Å². The van der Waals surface area contributed by atoms with Crippen molar-refractivity contribution in [2.45, 2.75) is 87.2 Å². The fourth-order valence-corrected chi connectivity index (χ4v) is 4.64. The number of rotatable bonds is 10. The second-order valence-corrected chi connectivity index (χ2v) is 9.51. The molecule has 0 aromatic heterocycles. The first-order valence-electron chi connectivity index (χ1n) is 11.3. The third kappa shape index (κ3) is 4.68. The average molecular weight is 397 g/mol. The maximum atomic E-state index is 13.6. The van der Waals surface area contributed by atoms with Crippen LogP contribution in [0.2, 0.25) is 0 Å². The van der Waals surface area contributed by atoms with Crippen molar-refractivity contribution in [1.29, 1.82) is 0 Å². The van der Waals surface area contributed by atoms with E-state index in [0.717, 1.165) is 43.1 Å². The smallest absolute Gasteiger partial charge is 0.312 e. The number of carbonyl (C=O) groups excluding carboxylic acids is 1. The van der Waals surface area contributed by atoms with Gasteiger partial charge in [0.2, 0.25) is 0 Å². The zero-order chi connectivity index (χ0) is 21.7. The molecular formula is C27H40O2. The SMILES string of the molecule is CCC(C)(CC)CC(C)(C(=O)OCc1cccc2ccccc12)C(C)(CC)CC. The minimum Gasteiger partial charge on any atom is -0.460 e. The molecule has 0 heterocycles. The molecule has 0 saturated heterocycles. The van der Waals surface area contributed by atoms with Crippen molar-refractivity contribution in [3.8, 4) is 0 Å². The monoisotopic (exact) mass is 396 g/mol. The van der Waals surface area contributed by atoms with Gasteiger partial charge in [0.25, 0.3) is 0 Å². The molecule has 0 spiro atoms. The standard InChI is InChI=1S/C27H40O2/c1-8-25(5,9-2)20-27(7,26(6,10-3)11-4)24(28)29-19-22-17-14-16-21-15-12-13-18-23(21)22/h12-18H,8-11,19-20H2,1-7H3. The van der Waals surface area contributed by atoms with Crippen LogP contribution in [0.3, 0.4) is 0 Å². The second kappa shape index (κ2) is 9.32. The lowest BCUT2D eigenvalue weighted by Crippen LogP contribution is -2.47. The highest BCUT2D eigenvalue weighted by molar-refractivity contribution is 5.86. The summed E-state index contributed by atoms with van der Waals surface area (Å²) in [4.78, 5) is 13.6. The van der Waals surface area contributed by atoms with Crippen LogP contribution in [0.4, 0.5) is 0 Å².